The SMILES string of the molecule is NC(=O)c1ccc(-c2c(C3CCOCC3)n(-c3ccc(F)c(F)c3)c3cc(F)cc(O)c23)c(F)c1. The number of ether oxygens (including phenoxy) is 1. The Morgan fingerprint density at radius 3 is 2.34 bits per heavy atom. The van der Waals surface area contributed by atoms with E-state index < -0.39 is 34.9 Å². The van der Waals surface area contributed by atoms with Crippen LogP contribution in [0.4, 0.5) is 17.6 Å². The smallest absolute Gasteiger partial charge is 0.248 e. The predicted octanol–water partition coefficient (Wildman–Crippen LogP) is 5.55. The van der Waals surface area contributed by atoms with E-state index in [0.717, 1.165) is 30.3 Å². The molecule has 9 heteroatoms. The molecule has 0 saturated carbocycles. The van der Waals surface area contributed by atoms with Crippen LogP contribution >= 0.6 is 0 Å². The number of nitrogens with two attached hydrogens (primary N) is 1. The number of hydrogen-bond donors (Lipinski definition) is 2. The van der Waals surface area contributed by atoms with Gasteiger partial charge in [-0.25, -0.2) is 17.6 Å². The quantitative estimate of drug-likeness (QED) is 0.373. The molecule has 1 saturated heterocycles. The molecule has 0 spiro atoms. The highest BCUT2D eigenvalue weighted by molar-refractivity contribution is 6.04. The summed E-state index contributed by atoms with van der Waals surface area (Å²) in [5.41, 5.74) is 6.38. The maximum Gasteiger partial charge on any atom is 0.248 e. The summed E-state index contributed by atoms with van der Waals surface area (Å²) in [6, 6.07) is 9.03. The lowest BCUT2D eigenvalue weighted by atomic mass is 9.89. The number of primary amides is 1. The van der Waals surface area contributed by atoms with Crippen molar-refractivity contribution >= 4 is 16.8 Å². The number of fused-ring (bicyclic) bond motifs is 1. The van der Waals surface area contributed by atoms with E-state index in [1.807, 2.05) is 0 Å². The van der Waals surface area contributed by atoms with Crippen LogP contribution in [0.1, 0.15) is 34.8 Å². The van der Waals surface area contributed by atoms with Crippen molar-refractivity contribution in [1.29, 1.82) is 0 Å². The second-order valence-electron chi connectivity index (χ2n) is 8.46. The van der Waals surface area contributed by atoms with Crippen LogP contribution in [0.2, 0.25) is 0 Å². The standard InChI is InChI=1S/C26H20F4N2O3/c27-15-10-21-24(22(33)11-15)23(17-3-1-14(26(31)34)9-19(17)29)25(13-5-7-35-8-6-13)32(21)16-2-4-18(28)20(30)12-16/h1-4,9-13,33H,5-8H2,(H2,31,34). The molecule has 1 aliphatic heterocycles. The molecule has 1 amide bonds. The summed E-state index contributed by atoms with van der Waals surface area (Å²) in [6.07, 6.45) is 1.05. The van der Waals surface area contributed by atoms with E-state index in [1.165, 1.54) is 22.8 Å². The largest absolute Gasteiger partial charge is 0.507 e. The fourth-order valence-electron chi connectivity index (χ4n) is 4.78. The van der Waals surface area contributed by atoms with Gasteiger partial charge in [0.25, 0.3) is 0 Å². The van der Waals surface area contributed by atoms with Gasteiger partial charge >= 0.3 is 0 Å². The van der Waals surface area contributed by atoms with Gasteiger partial charge in [0.2, 0.25) is 5.91 Å². The van der Waals surface area contributed by atoms with Crippen LogP contribution in [0.25, 0.3) is 27.7 Å². The number of aromatic nitrogens is 1. The first-order valence-electron chi connectivity index (χ1n) is 11.0. The van der Waals surface area contributed by atoms with Crippen molar-refractivity contribution in [1.82, 2.24) is 4.57 Å². The fourth-order valence-corrected chi connectivity index (χ4v) is 4.78. The molecule has 1 fully saturated rings. The molecule has 1 aliphatic rings. The molecule has 180 valence electrons. The third-order valence-electron chi connectivity index (χ3n) is 6.34. The number of amides is 1. The molecule has 0 radical (unpaired) electrons. The number of benzene rings is 3. The summed E-state index contributed by atoms with van der Waals surface area (Å²) in [7, 11) is 0. The Balaban J connectivity index is 1.92. The van der Waals surface area contributed by atoms with Gasteiger partial charge in [-0.3, -0.25) is 4.79 Å². The van der Waals surface area contributed by atoms with Crippen LogP contribution in [-0.4, -0.2) is 28.8 Å². The van der Waals surface area contributed by atoms with Gasteiger partial charge in [0.15, 0.2) is 11.6 Å². The van der Waals surface area contributed by atoms with Crippen LogP contribution in [0.5, 0.6) is 5.75 Å². The molecule has 0 bridgehead atoms. The number of halogens is 4. The molecule has 3 N–H and O–H groups in total. The van der Waals surface area contributed by atoms with Crippen molar-refractivity contribution < 1.29 is 32.2 Å². The molecule has 35 heavy (non-hydrogen) atoms. The van der Waals surface area contributed by atoms with E-state index in [2.05, 4.69) is 0 Å². The number of hydrogen-bond acceptors (Lipinski definition) is 3. The molecule has 5 nitrogen and oxygen atoms in total. The van der Waals surface area contributed by atoms with Gasteiger partial charge in [-0.05, 0) is 43.2 Å². The number of nitrogens with zero attached hydrogens (tertiary/aromatic N) is 1. The van der Waals surface area contributed by atoms with E-state index >= 15 is 4.39 Å². The molecule has 0 atom stereocenters. The lowest BCUT2D eigenvalue weighted by molar-refractivity contribution is 0.0843. The Bertz CT molecular complexity index is 1480. The average molecular weight is 484 g/mol. The zero-order valence-electron chi connectivity index (χ0n) is 18.3. The Kier molecular flexibility index (Phi) is 5.72. The van der Waals surface area contributed by atoms with Crippen molar-refractivity contribution in [3.63, 3.8) is 0 Å². The summed E-state index contributed by atoms with van der Waals surface area (Å²) < 4.78 is 64.9. The first-order chi connectivity index (χ1) is 16.8. The molecular weight excluding hydrogens is 464 g/mol. The van der Waals surface area contributed by atoms with Crippen molar-refractivity contribution in [2.45, 2.75) is 18.8 Å². The van der Waals surface area contributed by atoms with Crippen LogP contribution < -0.4 is 5.73 Å². The zero-order chi connectivity index (χ0) is 24.9. The monoisotopic (exact) mass is 484 g/mol. The third kappa shape index (κ3) is 3.91. The molecule has 0 aliphatic carbocycles. The van der Waals surface area contributed by atoms with Crippen LogP contribution in [0.15, 0.2) is 48.5 Å². The first-order valence-corrected chi connectivity index (χ1v) is 11.0. The highest BCUT2D eigenvalue weighted by Crippen LogP contribution is 2.47. The van der Waals surface area contributed by atoms with Gasteiger partial charge in [0.1, 0.15) is 17.4 Å². The Morgan fingerprint density at radius 2 is 1.69 bits per heavy atom. The predicted molar refractivity (Wildman–Crippen MR) is 122 cm³/mol. The fraction of sp³-hybridized carbons (Fsp3) is 0.192. The number of aromatic hydroxyl groups is 1. The average Bonchev–Trinajstić information content (AvgIpc) is 3.16. The topological polar surface area (TPSA) is 77.5 Å². The normalized spacial score (nSPS) is 14.5. The molecule has 2 heterocycles. The van der Waals surface area contributed by atoms with Gasteiger partial charge in [-0.1, -0.05) is 6.07 Å². The lowest BCUT2D eigenvalue weighted by Crippen LogP contribution is -2.18. The minimum atomic E-state index is -1.11. The van der Waals surface area contributed by atoms with Crippen LogP contribution in [0.3, 0.4) is 0 Å². The molecule has 0 unspecified atom stereocenters. The van der Waals surface area contributed by atoms with Crippen LogP contribution in [0, 0.1) is 23.3 Å². The Morgan fingerprint density at radius 1 is 0.943 bits per heavy atom. The van der Waals surface area contributed by atoms with E-state index in [4.69, 9.17) is 10.5 Å². The van der Waals surface area contributed by atoms with Gasteiger partial charge in [-0.15, -0.1) is 0 Å². The number of phenolic OH excluding ortho intramolecular Hbond substituents is 1. The minimum absolute atomic E-state index is 0.0431. The number of carbonyl (C=O) groups excluding carboxylic acids is 1. The zero-order valence-corrected chi connectivity index (χ0v) is 18.3. The van der Waals surface area contributed by atoms with Crippen molar-refractivity contribution in [3.05, 3.63) is 83.1 Å². The summed E-state index contributed by atoms with van der Waals surface area (Å²) in [5.74, 6) is -5.19. The summed E-state index contributed by atoms with van der Waals surface area (Å²) in [5, 5.41) is 10.9. The van der Waals surface area contributed by atoms with Gasteiger partial charge < -0.3 is 20.1 Å². The summed E-state index contributed by atoms with van der Waals surface area (Å²) >= 11 is 0. The highest BCUT2D eigenvalue weighted by atomic mass is 19.2. The van der Waals surface area contributed by atoms with Crippen molar-refractivity contribution in [2.24, 2.45) is 5.73 Å². The van der Waals surface area contributed by atoms with E-state index in [0.29, 0.717) is 31.7 Å². The number of phenols is 1. The maximum absolute atomic E-state index is 15.4. The number of rotatable bonds is 4. The molecule has 5 rings (SSSR count). The number of carbonyl (C=O) groups is 1. The van der Waals surface area contributed by atoms with E-state index in [1.54, 1.807) is 0 Å². The second-order valence-corrected chi connectivity index (χ2v) is 8.46. The minimum Gasteiger partial charge on any atom is -0.507 e. The van der Waals surface area contributed by atoms with E-state index in [-0.39, 0.29) is 39.2 Å². The molecule has 1 aromatic heterocycles. The van der Waals surface area contributed by atoms with Crippen LogP contribution in [-0.2, 0) is 4.74 Å². The van der Waals surface area contributed by atoms with Gasteiger partial charge in [-0.2, -0.15) is 0 Å². The Hall–Kier alpha value is -3.85. The Labute approximate surface area is 197 Å². The molecular formula is C26H20F4N2O3. The van der Waals surface area contributed by atoms with Gasteiger partial charge in [0.05, 0.1) is 10.9 Å². The third-order valence-corrected chi connectivity index (χ3v) is 6.34. The molecule has 3 aromatic carbocycles. The summed E-state index contributed by atoms with van der Waals surface area (Å²) in [6.45, 7) is 0.819. The van der Waals surface area contributed by atoms with E-state index in [9.17, 15) is 23.1 Å². The maximum atomic E-state index is 15.4. The molecule has 4 aromatic rings. The van der Waals surface area contributed by atoms with Gasteiger partial charge in [0, 0.05) is 59.3 Å². The second kappa shape index (κ2) is 8.74. The van der Waals surface area contributed by atoms with Crippen molar-refractivity contribution in [3.8, 4) is 22.6 Å². The summed E-state index contributed by atoms with van der Waals surface area (Å²) in [4.78, 5) is 11.6. The van der Waals surface area contributed by atoms with Crippen molar-refractivity contribution in [2.75, 3.05) is 13.2 Å². The lowest BCUT2D eigenvalue weighted by Gasteiger charge is -2.26. The first kappa shape index (κ1) is 22.9. The highest BCUT2D eigenvalue weighted by Gasteiger charge is 2.31.